The van der Waals surface area contributed by atoms with E-state index in [9.17, 15) is 0 Å². The summed E-state index contributed by atoms with van der Waals surface area (Å²) < 4.78 is 0.977. The molecule has 0 bridgehead atoms. The normalized spacial score (nSPS) is 15.4. The van der Waals surface area contributed by atoms with Crippen LogP contribution in [0.5, 0.6) is 0 Å². The van der Waals surface area contributed by atoms with Crippen LogP contribution in [0.15, 0.2) is 22.7 Å². The van der Waals surface area contributed by atoms with Gasteiger partial charge in [0, 0.05) is 16.0 Å². The van der Waals surface area contributed by atoms with Gasteiger partial charge in [0.2, 0.25) is 0 Å². The van der Waals surface area contributed by atoms with Gasteiger partial charge in [0.15, 0.2) is 5.82 Å². The van der Waals surface area contributed by atoms with E-state index < -0.39 is 0 Å². The molecule has 1 saturated carbocycles. The molecular weight excluding hydrogens is 289 g/mol. The van der Waals surface area contributed by atoms with Crippen molar-refractivity contribution in [1.82, 2.24) is 15.2 Å². The summed E-state index contributed by atoms with van der Waals surface area (Å²) in [4.78, 5) is 4.47. The molecule has 5 heteroatoms. The average Bonchev–Trinajstić information content (AvgIpc) is 3.01. The number of H-pyrrole nitrogens is 1. The van der Waals surface area contributed by atoms with Crippen molar-refractivity contribution in [3.8, 4) is 11.4 Å². The third-order valence-electron chi connectivity index (χ3n) is 2.64. The first kappa shape index (κ1) is 10.3. The molecule has 16 heavy (non-hydrogen) atoms. The van der Waals surface area contributed by atoms with Crippen molar-refractivity contribution in [2.24, 2.45) is 0 Å². The highest BCUT2D eigenvalue weighted by Crippen LogP contribution is 2.39. The molecule has 0 aliphatic heterocycles. The molecule has 0 unspecified atom stereocenters. The van der Waals surface area contributed by atoms with E-state index in [0.29, 0.717) is 16.8 Å². The molecule has 1 aliphatic carbocycles. The zero-order chi connectivity index (χ0) is 11.1. The van der Waals surface area contributed by atoms with Crippen molar-refractivity contribution in [2.75, 3.05) is 0 Å². The molecule has 0 spiro atoms. The summed E-state index contributed by atoms with van der Waals surface area (Å²) in [6.07, 6.45) is 2.42. The minimum Gasteiger partial charge on any atom is -0.262 e. The van der Waals surface area contributed by atoms with E-state index in [1.165, 1.54) is 12.8 Å². The first-order valence-corrected chi connectivity index (χ1v) is 6.29. The number of nitrogens with one attached hydrogen (secondary N) is 1. The smallest absolute Gasteiger partial charge is 0.182 e. The second-order valence-corrected chi connectivity index (χ2v) is 5.27. The van der Waals surface area contributed by atoms with Gasteiger partial charge in [-0.05, 0) is 31.0 Å². The second kappa shape index (κ2) is 3.86. The molecular formula is C11H9BrClN3. The fraction of sp³-hybridized carbons (Fsp3) is 0.273. The van der Waals surface area contributed by atoms with Crippen LogP contribution in [-0.2, 0) is 0 Å². The lowest BCUT2D eigenvalue weighted by Crippen LogP contribution is -1.84. The van der Waals surface area contributed by atoms with E-state index >= 15 is 0 Å². The molecule has 82 valence electrons. The van der Waals surface area contributed by atoms with Crippen LogP contribution in [0.3, 0.4) is 0 Å². The Balaban J connectivity index is 2.03. The van der Waals surface area contributed by atoms with E-state index in [1.807, 2.05) is 18.2 Å². The lowest BCUT2D eigenvalue weighted by Gasteiger charge is -1.99. The Morgan fingerprint density at radius 1 is 1.38 bits per heavy atom. The highest BCUT2D eigenvalue weighted by atomic mass is 79.9. The number of rotatable bonds is 2. The SMILES string of the molecule is Clc1ccc(Br)cc1-c1n[nH]c(C2CC2)n1. The maximum absolute atomic E-state index is 6.12. The number of aromatic amines is 1. The lowest BCUT2D eigenvalue weighted by atomic mass is 10.2. The van der Waals surface area contributed by atoms with E-state index in [4.69, 9.17) is 11.6 Å². The summed E-state index contributed by atoms with van der Waals surface area (Å²) in [6, 6.07) is 5.68. The van der Waals surface area contributed by atoms with Crippen LogP contribution in [0.1, 0.15) is 24.6 Å². The van der Waals surface area contributed by atoms with Crippen molar-refractivity contribution in [3.05, 3.63) is 33.5 Å². The molecule has 1 N–H and O–H groups in total. The molecule has 1 aromatic heterocycles. The van der Waals surface area contributed by atoms with Crippen LogP contribution in [0.2, 0.25) is 5.02 Å². The topological polar surface area (TPSA) is 41.6 Å². The molecule has 3 nitrogen and oxygen atoms in total. The molecule has 2 aromatic rings. The Labute approximate surface area is 106 Å². The number of hydrogen-bond donors (Lipinski definition) is 1. The van der Waals surface area contributed by atoms with Gasteiger partial charge in [-0.3, -0.25) is 5.10 Å². The standard InChI is InChI=1S/C11H9BrClN3/c12-7-3-4-9(13)8(5-7)11-14-10(15-16-11)6-1-2-6/h3-6H,1-2H2,(H,14,15,16). The van der Waals surface area contributed by atoms with Gasteiger partial charge >= 0.3 is 0 Å². The van der Waals surface area contributed by atoms with E-state index in [2.05, 4.69) is 31.1 Å². The first-order valence-electron chi connectivity index (χ1n) is 5.12. The number of hydrogen-bond acceptors (Lipinski definition) is 2. The minimum atomic E-state index is 0.576. The summed E-state index contributed by atoms with van der Waals surface area (Å²) in [5.41, 5.74) is 0.860. The summed E-state index contributed by atoms with van der Waals surface area (Å²) >= 11 is 9.54. The average molecular weight is 299 g/mol. The monoisotopic (exact) mass is 297 g/mol. The van der Waals surface area contributed by atoms with Gasteiger partial charge in [-0.1, -0.05) is 27.5 Å². The van der Waals surface area contributed by atoms with Gasteiger partial charge in [0.05, 0.1) is 5.02 Å². The summed E-state index contributed by atoms with van der Waals surface area (Å²) in [7, 11) is 0. The number of aromatic nitrogens is 3. The largest absolute Gasteiger partial charge is 0.262 e. The quantitative estimate of drug-likeness (QED) is 0.917. The molecule has 0 atom stereocenters. The Bertz CT molecular complexity index is 534. The van der Waals surface area contributed by atoms with Crippen molar-refractivity contribution >= 4 is 27.5 Å². The molecule has 1 heterocycles. The zero-order valence-corrected chi connectivity index (χ0v) is 10.7. The van der Waals surface area contributed by atoms with Crippen molar-refractivity contribution in [3.63, 3.8) is 0 Å². The van der Waals surface area contributed by atoms with Crippen LogP contribution >= 0.6 is 27.5 Å². The Morgan fingerprint density at radius 2 is 2.19 bits per heavy atom. The van der Waals surface area contributed by atoms with Crippen LogP contribution in [-0.4, -0.2) is 15.2 Å². The van der Waals surface area contributed by atoms with Crippen LogP contribution in [0.4, 0.5) is 0 Å². The highest BCUT2D eigenvalue weighted by molar-refractivity contribution is 9.10. The first-order chi connectivity index (χ1) is 7.74. The predicted octanol–water partition coefficient (Wildman–Crippen LogP) is 3.77. The molecule has 1 fully saturated rings. The van der Waals surface area contributed by atoms with Crippen molar-refractivity contribution < 1.29 is 0 Å². The Kier molecular flexibility index (Phi) is 2.48. The molecule has 3 rings (SSSR count). The molecule has 0 radical (unpaired) electrons. The minimum absolute atomic E-state index is 0.576. The molecule has 0 amide bonds. The maximum atomic E-state index is 6.12. The second-order valence-electron chi connectivity index (χ2n) is 3.94. The number of nitrogens with zero attached hydrogens (tertiary/aromatic N) is 2. The molecule has 1 aromatic carbocycles. The fourth-order valence-corrected chi connectivity index (χ4v) is 2.17. The van der Waals surface area contributed by atoms with Crippen molar-refractivity contribution in [2.45, 2.75) is 18.8 Å². The lowest BCUT2D eigenvalue weighted by molar-refractivity contribution is 0.935. The van der Waals surface area contributed by atoms with E-state index in [0.717, 1.165) is 15.9 Å². The van der Waals surface area contributed by atoms with Crippen molar-refractivity contribution in [1.29, 1.82) is 0 Å². The number of benzene rings is 1. The van der Waals surface area contributed by atoms with E-state index in [-0.39, 0.29) is 0 Å². The van der Waals surface area contributed by atoms with Crippen LogP contribution < -0.4 is 0 Å². The molecule has 0 saturated heterocycles. The van der Waals surface area contributed by atoms with Gasteiger partial charge in [0.1, 0.15) is 5.82 Å². The fourth-order valence-electron chi connectivity index (χ4n) is 1.60. The summed E-state index contributed by atoms with van der Waals surface area (Å²) in [5, 5.41) is 7.86. The maximum Gasteiger partial charge on any atom is 0.182 e. The predicted molar refractivity (Wildman–Crippen MR) is 66.5 cm³/mol. The van der Waals surface area contributed by atoms with Gasteiger partial charge in [0.25, 0.3) is 0 Å². The highest BCUT2D eigenvalue weighted by Gasteiger charge is 2.27. The van der Waals surface area contributed by atoms with Gasteiger partial charge < -0.3 is 0 Å². The van der Waals surface area contributed by atoms with Crippen LogP contribution in [0.25, 0.3) is 11.4 Å². The van der Waals surface area contributed by atoms with Crippen LogP contribution in [0, 0.1) is 0 Å². The third kappa shape index (κ3) is 1.87. The van der Waals surface area contributed by atoms with E-state index in [1.54, 1.807) is 0 Å². The van der Waals surface area contributed by atoms with Gasteiger partial charge in [-0.2, -0.15) is 5.10 Å². The Morgan fingerprint density at radius 3 is 2.94 bits per heavy atom. The third-order valence-corrected chi connectivity index (χ3v) is 3.46. The summed E-state index contributed by atoms with van der Waals surface area (Å²) in [5.74, 6) is 2.23. The zero-order valence-electron chi connectivity index (χ0n) is 8.37. The Hall–Kier alpha value is -0.870. The van der Waals surface area contributed by atoms with Gasteiger partial charge in [-0.25, -0.2) is 4.98 Å². The molecule has 1 aliphatic rings. The number of halogens is 2. The van der Waals surface area contributed by atoms with Gasteiger partial charge in [-0.15, -0.1) is 0 Å². The summed E-state index contributed by atoms with van der Waals surface area (Å²) in [6.45, 7) is 0.